The van der Waals surface area contributed by atoms with Crippen LogP contribution in [0.25, 0.3) is 0 Å². The van der Waals surface area contributed by atoms with Gasteiger partial charge in [-0.1, -0.05) is 73.9 Å². The van der Waals surface area contributed by atoms with Crippen molar-refractivity contribution in [2.24, 2.45) is 0 Å². The van der Waals surface area contributed by atoms with E-state index in [9.17, 15) is 9.59 Å². The van der Waals surface area contributed by atoms with Crippen LogP contribution < -0.4 is 18.9 Å². The molecule has 0 saturated heterocycles. The van der Waals surface area contributed by atoms with E-state index in [0.717, 1.165) is 49.1 Å². The summed E-state index contributed by atoms with van der Waals surface area (Å²) in [5.74, 6) is 1.97. The lowest BCUT2D eigenvalue weighted by Gasteiger charge is -2.38. The summed E-state index contributed by atoms with van der Waals surface area (Å²) in [7, 11) is -2.46. The molecule has 49 heavy (non-hydrogen) atoms. The lowest BCUT2D eigenvalue weighted by Crippen LogP contribution is -2.47. The largest absolute Gasteiger partial charge is 0.519 e. The summed E-state index contributed by atoms with van der Waals surface area (Å²) in [6.07, 6.45) is 4.72. The molecule has 0 heterocycles. The normalized spacial score (nSPS) is 14.5. The van der Waals surface area contributed by atoms with Gasteiger partial charge in [-0.15, -0.1) is 0 Å². The molecule has 4 aromatic carbocycles. The first kappa shape index (κ1) is 36.1. The van der Waals surface area contributed by atoms with E-state index in [1.165, 1.54) is 30.0 Å². The van der Waals surface area contributed by atoms with Crippen LogP contribution in [-0.4, -0.2) is 35.9 Å². The minimum atomic E-state index is -2.12. The van der Waals surface area contributed by atoms with Crippen LogP contribution in [0.4, 0.5) is 4.79 Å². The summed E-state index contributed by atoms with van der Waals surface area (Å²) in [6, 6.07) is 33.0. The van der Waals surface area contributed by atoms with Gasteiger partial charge in [0.15, 0.2) is 16.6 Å². The fourth-order valence-corrected chi connectivity index (χ4v) is 16.3. The molecule has 7 nitrogen and oxygen atoms in total. The predicted octanol–water partition coefficient (Wildman–Crippen LogP) is 9.74. The van der Waals surface area contributed by atoms with E-state index < -0.39 is 22.8 Å². The first-order chi connectivity index (χ1) is 23.4. The second kappa shape index (κ2) is 15.6. The predicted molar refractivity (Wildman–Crippen MR) is 198 cm³/mol. The number of carbonyl (C=O) groups is 2. The molecule has 1 aliphatic carbocycles. The zero-order chi connectivity index (χ0) is 35.1. The van der Waals surface area contributed by atoms with Crippen molar-refractivity contribution in [3.05, 3.63) is 119 Å². The van der Waals surface area contributed by atoms with Gasteiger partial charge in [-0.05, 0) is 116 Å². The second-order valence-corrected chi connectivity index (χ2v) is 22.7. The third-order valence-electron chi connectivity index (χ3n) is 9.07. The summed E-state index contributed by atoms with van der Waals surface area (Å²) in [5.41, 5.74) is 4.45. The Bertz CT molecular complexity index is 1730. The molecule has 1 aliphatic rings. The topological polar surface area (TPSA) is 80.3 Å². The van der Waals surface area contributed by atoms with Crippen LogP contribution in [0.1, 0.15) is 61.3 Å². The van der Waals surface area contributed by atoms with Crippen LogP contribution in [0, 0.1) is 0 Å². The number of methoxy groups -OCH3 is 1. The molecular weight excluding hydrogens is 649 g/mol. The number of carbonyl (C=O) groups excluding carboxylic acids is 2. The third kappa shape index (κ3) is 9.71. The summed E-state index contributed by atoms with van der Waals surface area (Å²) < 4.78 is 29.0. The van der Waals surface area contributed by atoms with Crippen molar-refractivity contribution < 1.29 is 32.7 Å². The third-order valence-corrected chi connectivity index (χ3v) is 16.0. The smallest absolute Gasteiger partial charge is 0.496 e. The Hall–Kier alpha value is -4.19. The van der Waals surface area contributed by atoms with Crippen LogP contribution in [0.2, 0.25) is 26.2 Å². The van der Waals surface area contributed by atoms with Gasteiger partial charge in [0, 0.05) is 12.3 Å². The Labute approximate surface area is 292 Å². The molecule has 1 fully saturated rings. The number of benzene rings is 4. The van der Waals surface area contributed by atoms with Crippen molar-refractivity contribution in [1.82, 2.24) is 0 Å². The molecule has 5 rings (SSSR count). The highest BCUT2D eigenvalue weighted by Gasteiger charge is 2.36. The van der Waals surface area contributed by atoms with Crippen molar-refractivity contribution in [1.29, 1.82) is 0 Å². The first-order valence-electron chi connectivity index (χ1n) is 17.1. The monoisotopic (exact) mass is 696 g/mol. The number of esters is 1. The van der Waals surface area contributed by atoms with E-state index in [1.807, 2.05) is 66.7 Å². The van der Waals surface area contributed by atoms with Gasteiger partial charge in [0.1, 0.15) is 23.0 Å². The first-order valence-corrected chi connectivity index (χ1v) is 23.3. The van der Waals surface area contributed by atoms with E-state index in [2.05, 4.69) is 50.5 Å². The van der Waals surface area contributed by atoms with Gasteiger partial charge >= 0.3 is 12.1 Å². The maximum atomic E-state index is 12.9. The number of para-hydroxylation sites is 1. The average molecular weight is 697 g/mol. The van der Waals surface area contributed by atoms with E-state index >= 15 is 0 Å². The second-order valence-electron chi connectivity index (χ2n) is 14.2. The van der Waals surface area contributed by atoms with Crippen molar-refractivity contribution >= 4 is 28.8 Å². The molecule has 0 aromatic heterocycles. The highest BCUT2D eigenvalue weighted by atomic mass is 28.4. The van der Waals surface area contributed by atoms with Crippen LogP contribution in [0.3, 0.4) is 0 Å². The lowest BCUT2D eigenvalue weighted by molar-refractivity contribution is -0.131. The van der Waals surface area contributed by atoms with Crippen molar-refractivity contribution in [3.8, 4) is 23.0 Å². The van der Waals surface area contributed by atoms with Gasteiger partial charge in [0.2, 0.25) is 0 Å². The van der Waals surface area contributed by atoms with Gasteiger partial charge in [-0.3, -0.25) is 4.79 Å². The molecule has 0 atom stereocenters. The fourth-order valence-electron chi connectivity index (χ4n) is 7.30. The van der Waals surface area contributed by atoms with Crippen molar-refractivity contribution in [2.75, 3.05) is 7.11 Å². The van der Waals surface area contributed by atoms with Gasteiger partial charge < -0.3 is 23.1 Å². The molecule has 1 saturated carbocycles. The van der Waals surface area contributed by atoms with Crippen LogP contribution in [0.5, 0.6) is 23.0 Å². The number of ether oxygens (including phenoxy) is 4. The zero-order valence-electron chi connectivity index (χ0n) is 29.5. The number of hydrogen-bond acceptors (Lipinski definition) is 7. The molecular formula is C40H48O7Si2. The van der Waals surface area contributed by atoms with Gasteiger partial charge in [0.05, 0.1) is 7.11 Å². The van der Waals surface area contributed by atoms with Gasteiger partial charge in [-0.25, -0.2) is 4.79 Å². The molecule has 0 unspecified atom stereocenters. The quantitative estimate of drug-likeness (QED) is 0.0632. The maximum absolute atomic E-state index is 12.9. The molecule has 0 radical (unpaired) electrons. The Balaban J connectivity index is 1.21. The molecule has 4 aromatic rings. The zero-order valence-corrected chi connectivity index (χ0v) is 31.5. The van der Waals surface area contributed by atoms with Gasteiger partial charge in [0.25, 0.3) is 0 Å². The number of rotatable bonds is 12. The molecule has 0 bridgehead atoms. The van der Waals surface area contributed by atoms with Crippen LogP contribution in [0.15, 0.2) is 97.1 Å². The molecule has 0 N–H and O–H groups in total. The van der Waals surface area contributed by atoms with Crippen LogP contribution in [-0.2, 0) is 26.4 Å². The molecule has 0 aliphatic heterocycles. The highest BCUT2D eigenvalue weighted by Crippen LogP contribution is 2.45. The SMILES string of the molecule is COc1ccccc1C[Si](C)(C)O[Si](C)(C)Cc1cccc(OC(=O)Oc2ccc(C3(c4ccc(OC(C)=O)cc4)CCCCC3)cc2)c1. The fraction of sp³-hybridized carbons (Fsp3) is 0.350. The highest BCUT2D eigenvalue weighted by molar-refractivity contribution is 6.84. The minimum Gasteiger partial charge on any atom is -0.496 e. The van der Waals surface area contributed by atoms with E-state index in [0.29, 0.717) is 17.2 Å². The van der Waals surface area contributed by atoms with Crippen molar-refractivity contribution in [3.63, 3.8) is 0 Å². The standard InChI is InChI=1S/C40H48O7Si2/c1-30(41)44-35-21-17-33(18-22-35)40(25-10-7-11-26-40)34-19-23-36(24-20-34)45-39(42)46-37-15-12-13-31(27-37)28-48(3,4)47-49(5,6)29-32-14-8-9-16-38(32)43-2/h8-9,12-24,27H,7,10-11,25-26,28-29H2,1-6H3. The van der Waals surface area contributed by atoms with E-state index in [-0.39, 0.29) is 11.4 Å². The van der Waals surface area contributed by atoms with E-state index in [4.69, 9.17) is 23.1 Å². The summed E-state index contributed by atoms with van der Waals surface area (Å²) in [6.45, 7) is 10.4. The molecule has 0 spiro atoms. The number of hydrogen-bond donors (Lipinski definition) is 0. The summed E-state index contributed by atoms with van der Waals surface area (Å²) >= 11 is 0. The Morgan fingerprint density at radius 2 is 1.22 bits per heavy atom. The lowest BCUT2D eigenvalue weighted by atomic mass is 9.65. The van der Waals surface area contributed by atoms with E-state index in [1.54, 1.807) is 13.2 Å². The van der Waals surface area contributed by atoms with Crippen LogP contribution >= 0.6 is 0 Å². The Morgan fingerprint density at radius 3 is 1.84 bits per heavy atom. The Morgan fingerprint density at radius 1 is 0.653 bits per heavy atom. The molecule has 9 heteroatoms. The molecule has 0 amide bonds. The maximum Gasteiger partial charge on any atom is 0.519 e. The Kier molecular flexibility index (Phi) is 11.5. The average Bonchev–Trinajstić information content (AvgIpc) is 3.05. The van der Waals surface area contributed by atoms with Gasteiger partial charge in [-0.2, -0.15) is 0 Å². The summed E-state index contributed by atoms with van der Waals surface area (Å²) in [5, 5.41) is 0. The van der Waals surface area contributed by atoms with Crippen molar-refractivity contribution in [2.45, 2.75) is 82.7 Å². The molecule has 258 valence electrons. The minimum absolute atomic E-state index is 0.153. The summed E-state index contributed by atoms with van der Waals surface area (Å²) in [4.78, 5) is 24.3.